The van der Waals surface area contributed by atoms with Crippen LogP contribution in [-0.2, 0) is 10.7 Å². The third-order valence-electron chi connectivity index (χ3n) is 1.81. The molecule has 10 heteroatoms. The molecule has 18 heavy (non-hydrogen) atoms. The fourth-order valence-corrected chi connectivity index (χ4v) is 1.19. The van der Waals surface area contributed by atoms with Gasteiger partial charge in [-0.3, -0.25) is 4.78 Å². The second-order valence-corrected chi connectivity index (χ2v) is 4.84. The number of nitrogens with one attached hydrogen (secondary N) is 1. The highest BCUT2D eigenvalue weighted by Crippen LogP contribution is 2.33. The van der Waals surface area contributed by atoms with Gasteiger partial charge in [0.2, 0.25) is 0 Å². The molecule has 1 heterocycles. The molecule has 0 aromatic carbocycles. The minimum absolute atomic E-state index is 1.05. The van der Waals surface area contributed by atoms with Crippen molar-refractivity contribution < 1.29 is 26.3 Å². The summed E-state index contributed by atoms with van der Waals surface area (Å²) in [6, 6.07) is 0. The summed E-state index contributed by atoms with van der Waals surface area (Å²) in [5, 5.41) is 0. The average molecular weight is 297 g/mol. The van der Waals surface area contributed by atoms with Crippen molar-refractivity contribution in [1.29, 1.82) is 4.78 Å². The molecule has 0 saturated heterocycles. The molecule has 1 aliphatic rings. The third-order valence-corrected chi connectivity index (χ3v) is 2.73. The average Bonchev–Trinajstić information content (AvgIpc) is 2.61. The van der Waals surface area contributed by atoms with E-state index < -0.39 is 21.7 Å². The number of rotatable bonds is 1. The van der Waals surface area contributed by atoms with Gasteiger partial charge in [-0.15, -0.1) is 0 Å². The highest BCUT2D eigenvalue weighted by Gasteiger charge is 2.50. The van der Waals surface area contributed by atoms with E-state index in [1.165, 1.54) is 0 Å². The Morgan fingerprint density at radius 1 is 1.11 bits per heavy atom. The van der Waals surface area contributed by atoms with Crippen molar-refractivity contribution in [1.82, 2.24) is 9.80 Å². The van der Waals surface area contributed by atoms with Crippen molar-refractivity contribution in [3.8, 4) is 0 Å². The van der Waals surface area contributed by atoms with Crippen LogP contribution in [0, 0.1) is 4.78 Å². The Hall–Kier alpha value is -0.930. The van der Waals surface area contributed by atoms with Gasteiger partial charge >= 0.3 is 11.0 Å². The number of alkyl halides is 6. The van der Waals surface area contributed by atoms with Gasteiger partial charge in [0.05, 0.1) is 6.67 Å². The summed E-state index contributed by atoms with van der Waals surface area (Å²) in [5.41, 5.74) is -11.0. The summed E-state index contributed by atoms with van der Waals surface area (Å²) in [6.45, 7) is 4.32. The lowest BCUT2D eigenvalue weighted by Crippen LogP contribution is -2.28. The van der Waals surface area contributed by atoms with Crippen LogP contribution < -0.4 is 0 Å². The molecule has 0 aliphatic carbocycles. The Morgan fingerprint density at radius 3 is 1.67 bits per heavy atom. The molecule has 108 valence electrons. The monoisotopic (exact) mass is 297 g/mol. The largest absolute Gasteiger partial charge is 0.460 e. The smallest absolute Gasteiger partial charge is 0.362 e. The maximum absolute atomic E-state index is 11.0. The maximum Gasteiger partial charge on any atom is 0.460 e. The molecule has 0 amide bonds. The Kier molecular flexibility index (Phi) is 5.97. The van der Waals surface area contributed by atoms with E-state index in [0.29, 0.717) is 0 Å². The van der Waals surface area contributed by atoms with E-state index >= 15 is 0 Å². The zero-order chi connectivity index (χ0) is 14.6. The first-order chi connectivity index (χ1) is 7.98. The molecule has 0 unspecified atom stereocenters. The van der Waals surface area contributed by atoms with Crippen LogP contribution in [-0.4, -0.2) is 41.1 Å². The van der Waals surface area contributed by atoms with Crippen LogP contribution >= 0.6 is 0 Å². The fraction of sp³-hybridized carbons (Fsp3) is 0.750. The number of hydrogen-bond donors (Lipinski definition) is 1. The molecular weight excluding hydrogens is 284 g/mol. The number of halogens is 6. The second kappa shape index (κ2) is 6.30. The standard InChI is InChI=1S/C6H12N2.C2HF6NS/c1-3-8-5-4-7(2)6-8;3-1(4,5)10(9)2(6,7)8/h4-5H,3,6H2,1-2H3;9H. The quantitative estimate of drug-likeness (QED) is 0.754. The first kappa shape index (κ1) is 17.1. The third kappa shape index (κ3) is 6.12. The number of hydrogen-bond acceptors (Lipinski definition) is 3. The second-order valence-electron chi connectivity index (χ2n) is 3.30. The van der Waals surface area contributed by atoms with Crippen molar-refractivity contribution in [2.24, 2.45) is 0 Å². The zero-order valence-electron chi connectivity index (χ0n) is 9.64. The molecule has 0 saturated carbocycles. The summed E-state index contributed by atoms with van der Waals surface area (Å²) in [7, 11) is -2.18. The van der Waals surface area contributed by atoms with Gasteiger partial charge < -0.3 is 9.80 Å². The van der Waals surface area contributed by atoms with Gasteiger partial charge in [0.25, 0.3) is 0 Å². The highest BCUT2D eigenvalue weighted by molar-refractivity contribution is 7.87. The lowest BCUT2D eigenvalue weighted by atomic mass is 10.6. The summed E-state index contributed by atoms with van der Waals surface area (Å²) in [6.07, 6.45) is 4.20. The van der Waals surface area contributed by atoms with Crippen LogP contribution in [0.25, 0.3) is 0 Å². The van der Waals surface area contributed by atoms with Crippen LogP contribution in [0.4, 0.5) is 26.3 Å². The fourth-order valence-electron chi connectivity index (χ4n) is 0.926. The summed E-state index contributed by atoms with van der Waals surface area (Å²) >= 11 is 0. The molecule has 1 aliphatic heterocycles. The summed E-state index contributed by atoms with van der Waals surface area (Å²) in [4.78, 5) is 4.41. The van der Waals surface area contributed by atoms with E-state index in [1.807, 2.05) is 0 Å². The SMILES string of the molecule is CCN1C=CN(C)C1.N=S(C(F)(F)F)C(F)(F)F. The van der Waals surface area contributed by atoms with Crippen LogP contribution in [0.1, 0.15) is 6.92 Å². The normalized spacial score (nSPS) is 16.1. The van der Waals surface area contributed by atoms with Gasteiger partial charge in [-0.2, -0.15) is 26.3 Å². The molecule has 0 aromatic heterocycles. The molecule has 3 nitrogen and oxygen atoms in total. The van der Waals surface area contributed by atoms with Gasteiger partial charge in [-0.25, -0.2) is 0 Å². The van der Waals surface area contributed by atoms with E-state index in [4.69, 9.17) is 4.78 Å². The highest BCUT2D eigenvalue weighted by atomic mass is 32.2. The molecule has 0 radical (unpaired) electrons. The molecule has 1 rings (SSSR count). The van der Waals surface area contributed by atoms with Crippen molar-refractivity contribution in [3.05, 3.63) is 12.4 Å². The predicted octanol–water partition coefficient (Wildman–Crippen LogP) is 3.09. The molecule has 0 fully saturated rings. The summed E-state index contributed by atoms with van der Waals surface area (Å²) in [5.74, 6) is 0. The van der Waals surface area contributed by atoms with E-state index in [2.05, 4.69) is 36.2 Å². The minimum atomic E-state index is -5.49. The van der Waals surface area contributed by atoms with Crippen molar-refractivity contribution in [2.45, 2.75) is 17.9 Å². The number of nitrogens with zero attached hydrogens (tertiary/aromatic N) is 2. The Morgan fingerprint density at radius 2 is 1.56 bits per heavy atom. The molecule has 1 N–H and O–H groups in total. The van der Waals surface area contributed by atoms with Crippen LogP contribution in [0.2, 0.25) is 0 Å². The molecular formula is C8H13F6N3S. The van der Waals surface area contributed by atoms with Gasteiger partial charge in [0.1, 0.15) is 10.7 Å². The van der Waals surface area contributed by atoms with E-state index in [0.717, 1.165) is 13.2 Å². The summed E-state index contributed by atoms with van der Waals surface area (Å²) < 4.78 is 72.0. The van der Waals surface area contributed by atoms with E-state index in [9.17, 15) is 26.3 Å². The topological polar surface area (TPSA) is 30.3 Å². The van der Waals surface area contributed by atoms with Gasteiger partial charge in [-0.05, 0) is 6.92 Å². The lowest BCUT2D eigenvalue weighted by Gasteiger charge is -2.14. The lowest BCUT2D eigenvalue weighted by molar-refractivity contribution is -0.0754. The molecule has 0 spiro atoms. The molecule has 0 atom stereocenters. The van der Waals surface area contributed by atoms with E-state index in [-0.39, 0.29) is 0 Å². The van der Waals surface area contributed by atoms with Crippen molar-refractivity contribution in [3.63, 3.8) is 0 Å². The molecule has 0 bridgehead atoms. The molecule has 0 aromatic rings. The maximum atomic E-state index is 11.0. The van der Waals surface area contributed by atoms with E-state index in [1.54, 1.807) is 0 Å². The minimum Gasteiger partial charge on any atom is -0.362 e. The Labute approximate surface area is 103 Å². The van der Waals surface area contributed by atoms with Gasteiger partial charge in [0.15, 0.2) is 0 Å². The van der Waals surface area contributed by atoms with Crippen molar-refractivity contribution in [2.75, 3.05) is 20.3 Å². The predicted molar refractivity (Wildman–Crippen MR) is 56.3 cm³/mol. The van der Waals surface area contributed by atoms with Gasteiger partial charge in [0, 0.05) is 26.0 Å². The first-order valence-corrected chi connectivity index (χ1v) is 5.92. The van der Waals surface area contributed by atoms with Crippen LogP contribution in [0.15, 0.2) is 12.4 Å². The Balaban J connectivity index is 0.000000327. The zero-order valence-corrected chi connectivity index (χ0v) is 10.5. The van der Waals surface area contributed by atoms with Crippen molar-refractivity contribution >= 4 is 10.7 Å². The van der Waals surface area contributed by atoms with Crippen LogP contribution in [0.5, 0.6) is 0 Å². The first-order valence-electron chi connectivity index (χ1n) is 4.70. The van der Waals surface area contributed by atoms with Gasteiger partial charge in [-0.1, -0.05) is 0 Å². The Bertz CT molecular complexity index is 295. The van der Waals surface area contributed by atoms with Crippen LogP contribution in [0.3, 0.4) is 0 Å².